The normalized spacial score (nSPS) is 15.2. The van der Waals surface area contributed by atoms with Crippen molar-refractivity contribution >= 4 is 22.6 Å². The molecule has 3 aromatic rings. The molecule has 1 aromatic carbocycles. The third-order valence-corrected chi connectivity index (χ3v) is 5.31. The van der Waals surface area contributed by atoms with E-state index in [1.54, 1.807) is 0 Å². The third-order valence-electron chi connectivity index (χ3n) is 5.31. The number of carbonyl (C=O) groups is 1. The Kier molecular flexibility index (Phi) is 5.34. The van der Waals surface area contributed by atoms with Crippen molar-refractivity contribution in [1.82, 2.24) is 10.3 Å². The number of aromatic amines is 2. The van der Waals surface area contributed by atoms with E-state index in [1.165, 1.54) is 15.8 Å². The Morgan fingerprint density at radius 2 is 1.96 bits per heavy atom. The number of anilines is 1. The highest BCUT2D eigenvalue weighted by molar-refractivity contribution is 5.83. The van der Waals surface area contributed by atoms with Gasteiger partial charge in [-0.15, -0.1) is 0 Å². The predicted molar refractivity (Wildman–Crippen MR) is 106 cm³/mol. The first kappa shape index (κ1) is 17.5. The van der Waals surface area contributed by atoms with Crippen molar-refractivity contribution in [2.75, 3.05) is 44.2 Å². The molecule has 1 amide bonds. The summed E-state index contributed by atoms with van der Waals surface area (Å²) in [6, 6.07) is 14.4. The summed E-state index contributed by atoms with van der Waals surface area (Å²) in [4.78, 5) is 22.6. The van der Waals surface area contributed by atoms with Crippen LogP contribution in [0.3, 0.4) is 0 Å². The highest BCUT2D eigenvalue weighted by Gasteiger charge is 2.26. The molecule has 0 atom stereocenters. The molecule has 27 heavy (non-hydrogen) atoms. The molecule has 0 unspecified atom stereocenters. The van der Waals surface area contributed by atoms with Crippen LogP contribution in [0, 0.1) is 0 Å². The zero-order valence-corrected chi connectivity index (χ0v) is 15.5. The summed E-state index contributed by atoms with van der Waals surface area (Å²) in [5.41, 5.74) is 2.41. The lowest BCUT2D eigenvalue weighted by Crippen LogP contribution is -3.16. The molecular formula is C21H27N5O+2. The lowest BCUT2D eigenvalue weighted by atomic mass is 10.1. The largest absolute Gasteiger partial charge is 0.361 e. The number of piperazine rings is 1. The molecule has 0 aliphatic carbocycles. The minimum absolute atomic E-state index is 0.143. The average molecular weight is 365 g/mol. The molecule has 140 valence electrons. The molecule has 0 bridgehead atoms. The summed E-state index contributed by atoms with van der Waals surface area (Å²) in [6.07, 6.45) is 4.85. The van der Waals surface area contributed by atoms with Crippen LogP contribution in [0.15, 0.2) is 54.9 Å². The number of rotatable bonds is 6. The molecule has 4 rings (SSSR count). The van der Waals surface area contributed by atoms with Gasteiger partial charge in [-0.3, -0.25) is 9.69 Å². The third kappa shape index (κ3) is 4.28. The fourth-order valence-electron chi connectivity index (χ4n) is 3.79. The molecule has 3 heterocycles. The highest BCUT2D eigenvalue weighted by Crippen LogP contribution is 2.17. The molecule has 6 heteroatoms. The number of amides is 1. The Bertz CT molecular complexity index is 884. The fourth-order valence-corrected chi connectivity index (χ4v) is 3.79. The van der Waals surface area contributed by atoms with E-state index in [0.717, 1.165) is 43.9 Å². The second-order valence-electron chi connectivity index (χ2n) is 7.12. The molecule has 1 aliphatic rings. The first-order chi connectivity index (χ1) is 13.3. The standard InChI is InChI=1S/C21H25N5O/c27-21(23-10-8-17-15-24-19-6-2-1-5-18(17)19)16-25-11-13-26(14-12-25)20-7-3-4-9-22-20/h1-7,9,15,24H,8,10-14,16H2,(H,23,27)/p+2. The minimum atomic E-state index is 0.143. The van der Waals surface area contributed by atoms with E-state index in [0.29, 0.717) is 13.1 Å². The van der Waals surface area contributed by atoms with Crippen molar-refractivity contribution in [3.8, 4) is 0 Å². The second-order valence-corrected chi connectivity index (χ2v) is 7.12. The van der Waals surface area contributed by atoms with Crippen molar-refractivity contribution in [3.63, 3.8) is 0 Å². The zero-order chi connectivity index (χ0) is 18.5. The van der Waals surface area contributed by atoms with Gasteiger partial charge in [0.1, 0.15) is 26.2 Å². The van der Waals surface area contributed by atoms with E-state index >= 15 is 0 Å². The summed E-state index contributed by atoms with van der Waals surface area (Å²) >= 11 is 0. The van der Waals surface area contributed by atoms with Gasteiger partial charge >= 0.3 is 0 Å². The fraction of sp³-hybridized carbons (Fsp3) is 0.333. The first-order valence-corrected chi connectivity index (χ1v) is 9.66. The van der Waals surface area contributed by atoms with Gasteiger partial charge in [-0.05, 0) is 24.1 Å². The number of aromatic nitrogens is 2. The number of H-pyrrole nitrogens is 2. The van der Waals surface area contributed by atoms with E-state index in [9.17, 15) is 4.79 Å². The lowest BCUT2D eigenvalue weighted by Gasteiger charge is -2.27. The van der Waals surface area contributed by atoms with Crippen LogP contribution < -0.4 is 20.1 Å². The van der Waals surface area contributed by atoms with Gasteiger partial charge in [0.05, 0.1) is 6.20 Å². The minimum Gasteiger partial charge on any atom is -0.361 e. The SMILES string of the molecule is O=C(C[NH+]1CCN(c2cccc[nH+]2)CC1)NCCc1c[nH]c2ccccc12. The van der Waals surface area contributed by atoms with Crippen molar-refractivity contribution in [3.05, 3.63) is 60.4 Å². The van der Waals surface area contributed by atoms with Crippen LogP contribution in [0.4, 0.5) is 5.82 Å². The summed E-state index contributed by atoms with van der Waals surface area (Å²) in [7, 11) is 0. The molecule has 1 fully saturated rings. The summed E-state index contributed by atoms with van der Waals surface area (Å²) in [5, 5.41) is 4.32. The molecule has 1 aliphatic heterocycles. The number of para-hydroxylation sites is 1. The van der Waals surface area contributed by atoms with Crippen LogP contribution in [-0.4, -0.2) is 50.2 Å². The number of quaternary nitrogens is 1. The average Bonchev–Trinajstić information content (AvgIpc) is 3.12. The summed E-state index contributed by atoms with van der Waals surface area (Å²) in [6.45, 7) is 5.15. The Balaban J connectivity index is 1.20. The molecule has 0 spiro atoms. The van der Waals surface area contributed by atoms with Crippen LogP contribution in [0.2, 0.25) is 0 Å². The van der Waals surface area contributed by atoms with Gasteiger partial charge < -0.3 is 15.2 Å². The molecule has 2 aromatic heterocycles. The predicted octanol–water partition coefficient (Wildman–Crippen LogP) is 0.0458. The number of nitrogens with zero attached hydrogens (tertiary/aromatic N) is 1. The van der Waals surface area contributed by atoms with Gasteiger partial charge in [0.15, 0.2) is 6.54 Å². The first-order valence-electron chi connectivity index (χ1n) is 9.66. The van der Waals surface area contributed by atoms with Crippen LogP contribution in [-0.2, 0) is 11.2 Å². The van der Waals surface area contributed by atoms with Gasteiger partial charge in [-0.25, -0.2) is 4.98 Å². The second kappa shape index (κ2) is 8.22. The van der Waals surface area contributed by atoms with E-state index in [-0.39, 0.29) is 5.91 Å². The van der Waals surface area contributed by atoms with E-state index in [2.05, 4.69) is 44.5 Å². The number of hydrogen-bond acceptors (Lipinski definition) is 2. The van der Waals surface area contributed by atoms with Gasteiger partial charge in [-0.2, -0.15) is 0 Å². The van der Waals surface area contributed by atoms with Gasteiger partial charge in [0.25, 0.3) is 11.7 Å². The number of pyridine rings is 1. The number of benzene rings is 1. The maximum absolute atomic E-state index is 12.3. The molecule has 0 radical (unpaired) electrons. The smallest absolute Gasteiger partial charge is 0.275 e. The van der Waals surface area contributed by atoms with E-state index in [4.69, 9.17) is 0 Å². The quantitative estimate of drug-likeness (QED) is 0.578. The van der Waals surface area contributed by atoms with E-state index < -0.39 is 0 Å². The van der Waals surface area contributed by atoms with Gasteiger partial charge in [0.2, 0.25) is 0 Å². The molecule has 1 saturated heterocycles. The molecule has 6 nitrogen and oxygen atoms in total. The van der Waals surface area contributed by atoms with E-state index in [1.807, 2.05) is 30.6 Å². The number of carbonyl (C=O) groups excluding carboxylic acids is 1. The topological polar surface area (TPSA) is 66.7 Å². The Hall–Kier alpha value is -2.86. The van der Waals surface area contributed by atoms with Crippen molar-refractivity contribution in [1.29, 1.82) is 0 Å². The molecule has 0 saturated carbocycles. The molecule has 4 N–H and O–H groups in total. The van der Waals surface area contributed by atoms with Crippen molar-refractivity contribution in [2.45, 2.75) is 6.42 Å². The number of hydrogen-bond donors (Lipinski definition) is 3. The highest BCUT2D eigenvalue weighted by atomic mass is 16.2. The van der Waals surface area contributed by atoms with Crippen LogP contribution in [0.5, 0.6) is 0 Å². The molecular weight excluding hydrogens is 338 g/mol. The number of fused-ring (bicyclic) bond motifs is 1. The lowest BCUT2D eigenvalue weighted by molar-refractivity contribution is -0.892. The van der Waals surface area contributed by atoms with Crippen LogP contribution >= 0.6 is 0 Å². The van der Waals surface area contributed by atoms with Crippen LogP contribution in [0.25, 0.3) is 10.9 Å². The van der Waals surface area contributed by atoms with Crippen molar-refractivity contribution in [2.24, 2.45) is 0 Å². The maximum atomic E-state index is 12.3. The zero-order valence-electron chi connectivity index (χ0n) is 15.5. The van der Waals surface area contributed by atoms with Gasteiger partial charge in [-0.1, -0.05) is 24.3 Å². The van der Waals surface area contributed by atoms with Gasteiger partial charge in [0, 0.05) is 29.7 Å². The maximum Gasteiger partial charge on any atom is 0.275 e. The Morgan fingerprint density at radius 3 is 2.78 bits per heavy atom. The van der Waals surface area contributed by atoms with Crippen LogP contribution in [0.1, 0.15) is 5.56 Å². The Morgan fingerprint density at radius 1 is 1.15 bits per heavy atom. The van der Waals surface area contributed by atoms with Crippen molar-refractivity contribution < 1.29 is 14.7 Å². The Labute approximate surface area is 159 Å². The monoisotopic (exact) mass is 365 g/mol. The summed E-state index contributed by atoms with van der Waals surface area (Å²) in [5.74, 6) is 1.30. The number of nitrogens with one attached hydrogen (secondary N) is 4. The summed E-state index contributed by atoms with van der Waals surface area (Å²) < 4.78 is 0.